The van der Waals surface area contributed by atoms with Crippen molar-refractivity contribution < 1.29 is 0 Å². The average molecular weight is 257 g/mol. The number of hydrogen-bond donors (Lipinski definition) is 2. The Morgan fingerprint density at radius 2 is 1.86 bits per heavy atom. The Morgan fingerprint density at radius 3 is 2.29 bits per heavy atom. The van der Waals surface area contributed by atoms with E-state index in [0.29, 0.717) is 0 Å². The molecule has 1 rings (SSSR count). The number of halogens is 1. The first-order valence-electron chi connectivity index (χ1n) is 4.63. The Labute approximate surface area is 93.8 Å². The number of nitrogens with two attached hydrogens (primary N) is 2. The van der Waals surface area contributed by atoms with Gasteiger partial charge in [-0.05, 0) is 39.0 Å². The first kappa shape index (κ1) is 11.5. The van der Waals surface area contributed by atoms with Crippen LogP contribution in [0.2, 0.25) is 0 Å². The molecule has 1 aromatic carbocycles. The van der Waals surface area contributed by atoms with Gasteiger partial charge in [-0.2, -0.15) is 0 Å². The fourth-order valence-corrected chi connectivity index (χ4v) is 1.63. The number of rotatable bonds is 1. The van der Waals surface area contributed by atoms with Gasteiger partial charge in [0, 0.05) is 16.2 Å². The largest absolute Gasteiger partial charge is 0.398 e. The van der Waals surface area contributed by atoms with Gasteiger partial charge < -0.3 is 11.5 Å². The fraction of sp³-hybridized carbons (Fsp3) is 0.455. The van der Waals surface area contributed by atoms with Crippen LogP contribution >= 0.6 is 15.9 Å². The van der Waals surface area contributed by atoms with Crippen LogP contribution in [-0.4, -0.2) is 0 Å². The lowest BCUT2D eigenvalue weighted by atomic mass is 9.83. The second kappa shape index (κ2) is 3.91. The lowest BCUT2D eigenvalue weighted by Crippen LogP contribution is -2.26. The summed E-state index contributed by atoms with van der Waals surface area (Å²) in [5, 5.41) is 0. The average Bonchev–Trinajstić information content (AvgIpc) is 2.07. The van der Waals surface area contributed by atoms with Crippen LogP contribution in [0.4, 0.5) is 5.69 Å². The van der Waals surface area contributed by atoms with Gasteiger partial charge in [-0.3, -0.25) is 0 Å². The van der Waals surface area contributed by atoms with Crippen molar-refractivity contribution in [1.29, 1.82) is 0 Å². The zero-order chi connectivity index (χ0) is 10.9. The highest BCUT2D eigenvalue weighted by Gasteiger charge is 2.22. The summed E-state index contributed by atoms with van der Waals surface area (Å²) in [6, 6.07) is 5.88. The maximum atomic E-state index is 6.13. The SMILES string of the molecule is CC(C)(C)C(N)c1ccc(N)c(Br)c1. The molecular weight excluding hydrogens is 240 g/mol. The zero-order valence-corrected chi connectivity index (χ0v) is 10.4. The molecule has 0 aliphatic rings. The van der Waals surface area contributed by atoms with Crippen molar-refractivity contribution >= 4 is 21.6 Å². The van der Waals surface area contributed by atoms with Crippen LogP contribution in [-0.2, 0) is 0 Å². The van der Waals surface area contributed by atoms with Gasteiger partial charge >= 0.3 is 0 Å². The van der Waals surface area contributed by atoms with Crippen molar-refractivity contribution in [2.45, 2.75) is 26.8 Å². The highest BCUT2D eigenvalue weighted by Crippen LogP contribution is 2.32. The number of benzene rings is 1. The molecule has 0 aromatic heterocycles. The quantitative estimate of drug-likeness (QED) is 0.759. The molecule has 1 atom stereocenters. The van der Waals surface area contributed by atoms with Crippen LogP contribution in [0.15, 0.2) is 22.7 Å². The molecule has 0 bridgehead atoms. The Balaban J connectivity index is 3.03. The van der Waals surface area contributed by atoms with E-state index in [1.54, 1.807) is 0 Å². The highest BCUT2D eigenvalue weighted by molar-refractivity contribution is 9.10. The summed E-state index contributed by atoms with van der Waals surface area (Å²) in [5.41, 5.74) is 13.8. The Morgan fingerprint density at radius 1 is 1.29 bits per heavy atom. The molecule has 78 valence electrons. The van der Waals surface area contributed by atoms with Gasteiger partial charge in [0.25, 0.3) is 0 Å². The van der Waals surface area contributed by atoms with Gasteiger partial charge in [-0.15, -0.1) is 0 Å². The second-order valence-electron chi connectivity index (χ2n) is 4.62. The molecular formula is C11H17BrN2. The first-order valence-corrected chi connectivity index (χ1v) is 5.42. The Kier molecular flexibility index (Phi) is 3.22. The maximum absolute atomic E-state index is 6.13. The van der Waals surface area contributed by atoms with Crippen molar-refractivity contribution in [3.8, 4) is 0 Å². The minimum atomic E-state index is 0.0272. The fourth-order valence-electron chi connectivity index (χ4n) is 1.24. The summed E-state index contributed by atoms with van der Waals surface area (Å²) in [7, 11) is 0. The number of hydrogen-bond acceptors (Lipinski definition) is 2. The van der Waals surface area contributed by atoms with Crippen molar-refractivity contribution in [3.05, 3.63) is 28.2 Å². The smallest absolute Gasteiger partial charge is 0.0458 e. The highest BCUT2D eigenvalue weighted by atomic mass is 79.9. The van der Waals surface area contributed by atoms with Crippen LogP contribution < -0.4 is 11.5 Å². The topological polar surface area (TPSA) is 52.0 Å². The molecule has 0 aliphatic carbocycles. The summed E-state index contributed by atoms with van der Waals surface area (Å²) in [6.45, 7) is 6.38. The lowest BCUT2D eigenvalue weighted by molar-refractivity contribution is 0.327. The monoisotopic (exact) mass is 256 g/mol. The Bertz CT molecular complexity index is 329. The van der Waals surface area contributed by atoms with Crippen LogP contribution in [0.1, 0.15) is 32.4 Å². The zero-order valence-electron chi connectivity index (χ0n) is 8.84. The van der Waals surface area contributed by atoms with Crippen molar-refractivity contribution in [2.24, 2.45) is 11.1 Å². The predicted octanol–water partition coefficient (Wildman–Crippen LogP) is 3.08. The van der Waals surface area contributed by atoms with Crippen LogP contribution in [0.25, 0.3) is 0 Å². The molecule has 0 saturated heterocycles. The standard InChI is InChI=1S/C11H17BrN2/c1-11(2,3)10(14)7-4-5-9(13)8(12)6-7/h4-6,10H,13-14H2,1-3H3. The van der Waals surface area contributed by atoms with E-state index in [4.69, 9.17) is 11.5 Å². The third-order valence-electron chi connectivity index (χ3n) is 2.32. The minimum Gasteiger partial charge on any atom is -0.398 e. The van der Waals surface area contributed by atoms with Gasteiger partial charge in [-0.25, -0.2) is 0 Å². The van der Waals surface area contributed by atoms with E-state index in [-0.39, 0.29) is 11.5 Å². The molecule has 0 fully saturated rings. The number of nitrogen functional groups attached to an aromatic ring is 1. The summed E-state index contributed by atoms with van der Waals surface area (Å²) < 4.78 is 0.912. The molecule has 0 aliphatic heterocycles. The molecule has 0 saturated carbocycles. The third-order valence-corrected chi connectivity index (χ3v) is 3.00. The molecule has 1 unspecified atom stereocenters. The molecule has 0 heterocycles. The van der Waals surface area contributed by atoms with Gasteiger partial charge in [0.05, 0.1) is 0 Å². The molecule has 4 N–H and O–H groups in total. The molecule has 0 radical (unpaired) electrons. The van der Waals surface area contributed by atoms with Gasteiger partial charge in [-0.1, -0.05) is 26.8 Å². The number of anilines is 1. The molecule has 2 nitrogen and oxygen atoms in total. The van der Waals surface area contributed by atoms with Crippen LogP contribution in [0.5, 0.6) is 0 Å². The van der Waals surface area contributed by atoms with E-state index in [1.807, 2.05) is 18.2 Å². The third kappa shape index (κ3) is 2.49. The van der Waals surface area contributed by atoms with Gasteiger partial charge in [0.2, 0.25) is 0 Å². The molecule has 3 heteroatoms. The molecule has 1 aromatic rings. The van der Waals surface area contributed by atoms with Gasteiger partial charge in [0.15, 0.2) is 0 Å². The van der Waals surface area contributed by atoms with Crippen LogP contribution in [0, 0.1) is 5.41 Å². The lowest BCUT2D eigenvalue weighted by Gasteiger charge is -2.27. The predicted molar refractivity (Wildman–Crippen MR) is 64.9 cm³/mol. The molecule has 14 heavy (non-hydrogen) atoms. The summed E-state index contributed by atoms with van der Waals surface area (Å²) in [5.74, 6) is 0. The van der Waals surface area contributed by atoms with E-state index in [1.165, 1.54) is 0 Å². The summed E-state index contributed by atoms with van der Waals surface area (Å²) in [6.07, 6.45) is 0. The van der Waals surface area contributed by atoms with Crippen molar-refractivity contribution in [1.82, 2.24) is 0 Å². The Hall–Kier alpha value is -0.540. The second-order valence-corrected chi connectivity index (χ2v) is 5.48. The first-order chi connectivity index (χ1) is 6.32. The minimum absolute atomic E-state index is 0.0272. The van der Waals surface area contributed by atoms with E-state index in [9.17, 15) is 0 Å². The normalized spacial score (nSPS) is 14.1. The van der Waals surface area contributed by atoms with Gasteiger partial charge in [0.1, 0.15) is 0 Å². The van der Waals surface area contributed by atoms with Crippen molar-refractivity contribution in [2.75, 3.05) is 5.73 Å². The summed E-state index contributed by atoms with van der Waals surface area (Å²) in [4.78, 5) is 0. The van der Waals surface area contributed by atoms with E-state index in [0.717, 1.165) is 15.7 Å². The van der Waals surface area contributed by atoms with E-state index >= 15 is 0 Å². The molecule has 0 spiro atoms. The summed E-state index contributed by atoms with van der Waals surface area (Å²) >= 11 is 3.40. The van der Waals surface area contributed by atoms with Crippen LogP contribution in [0.3, 0.4) is 0 Å². The maximum Gasteiger partial charge on any atom is 0.0458 e. The molecule has 0 amide bonds. The van der Waals surface area contributed by atoms with E-state index < -0.39 is 0 Å². The van der Waals surface area contributed by atoms with Crippen molar-refractivity contribution in [3.63, 3.8) is 0 Å². The van der Waals surface area contributed by atoms with E-state index in [2.05, 4.69) is 36.7 Å².